The van der Waals surface area contributed by atoms with Crippen LogP contribution in [0.3, 0.4) is 0 Å². The van der Waals surface area contributed by atoms with Gasteiger partial charge >= 0.3 is 6.09 Å². The second kappa shape index (κ2) is 8.83. The molecule has 0 spiro atoms. The largest absolute Gasteiger partial charge is 0.444 e. The van der Waals surface area contributed by atoms with E-state index in [1.165, 1.54) is 12.1 Å². The first kappa shape index (κ1) is 23.0. The maximum absolute atomic E-state index is 14.1. The fourth-order valence-electron chi connectivity index (χ4n) is 4.07. The third kappa shape index (κ3) is 6.17. The molecule has 0 aromatic heterocycles. The van der Waals surface area contributed by atoms with Gasteiger partial charge in [-0.2, -0.15) is 0 Å². The molecule has 0 unspecified atom stereocenters. The molecule has 3 rings (SSSR count). The van der Waals surface area contributed by atoms with Crippen LogP contribution < -0.4 is 0 Å². The van der Waals surface area contributed by atoms with Crippen LogP contribution in [0.1, 0.15) is 45.6 Å². The normalized spacial score (nSPS) is 22.8. The summed E-state index contributed by atoms with van der Waals surface area (Å²) < 4.78 is 48.2. The quantitative estimate of drug-likeness (QED) is 0.666. The summed E-state index contributed by atoms with van der Waals surface area (Å²) in [6, 6.07) is 3.93. The van der Waals surface area contributed by atoms with Gasteiger partial charge in [0.25, 0.3) is 0 Å². The van der Waals surface area contributed by atoms with Gasteiger partial charge in [0.2, 0.25) is 0 Å². The van der Waals surface area contributed by atoms with Crippen LogP contribution in [0.4, 0.5) is 9.18 Å². The highest BCUT2D eigenvalue weighted by Gasteiger charge is 2.44. The van der Waals surface area contributed by atoms with Crippen molar-refractivity contribution in [1.29, 1.82) is 0 Å². The van der Waals surface area contributed by atoms with E-state index in [2.05, 4.69) is 0 Å². The highest BCUT2D eigenvalue weighted by atomic mass is 32.2. The molecule has 1 aliphatic heterocycles. The molecule has 1 aromatic carbocycles. The predicted molar refractivity (Wildman–Crippen MR) is 111 cm³/mol. The van der Waals surface area contributed by atoms with Gasteiger partial charge < -0.3 is 14.4 Å². The van der Waals surface area contributed by atoms with Crippen molar-refractivity contribution in [3.63, 3.8) is 0 Å². The second-order valence-electron chi connectivity index (χ2n) is 9.50. The predicted octanol–water partition coefficient (Wildman–Crippen LogP) is 4.03. The zero-order valence-corrected chi connectivity index (χ0v) is 19.0. The Morgan fingerprint density at radius 3 is 2.47 bits per heavy atom. The van der Waals surface area contributed by atoms with Gasteiger partial charge in [-0.1, -0.05) is 6.07 Å². The molecule has 1 saturated carbocycles. The molecular weight excluding hydrogens is 409 g/mol. The Morgan fingerprint density at radius 1 is 1.23 bits per heavy atom. The van der Waals surface area contributed by atoms with Crippen molar-refractivity contribution in [2.45, 2.75) is 57.1 Å². The van der Waals surface area contributed by atoms with Crippen LogP contribution in [0.5, 0.6) is 0 Å². The van der Waals surface area contributed by atoms with Gasteiger partial charge in [-0.05, 0) is 69.9 Å². The number of hydrogen-bond donors (Lipinski definition) is 0. The molecule has 6 nitrogen and oxygen atoms in total. The lowest BCUT2D eigenvalue weighted by molar-refractivity contribution is 0.0169. The molecular formula is C22H32FNO5S. The lowest BCUT2D eigenvalue weighted by atomic mass is 9.91. The zero-order valence-electron chi connectivity index (χ0n) is 18.2. The maximum atomic E-state index is 14.1. The van der Waals surface area contributed by atoms with E-state index < -0.39 is 21.3 Å². The van der Waals surface area contributed by atoms with Crippen molar-refractivity contribution in [1.82, 2.24) is 4.90 Å². The molecule has 1 aliphatic carbocycles. The number of carbonyl (C=O) groups is 1. The summed E-state index contributed by atoms with van der Waals surface area (Å²) in [5.74, 6) is 1.10. The summed E-state index contributed by atoms with van der Waals surface area (Å²) in [4.78, 5) is 13.9. The van der Waals surface area contributed by atoms with Gasteiger partial charge in [-0.3, -0.25) is 0 Å². The first-order chi connectivity index (χ1) is 13.9. The minimum Gasteiger partial charge on any atom is -0.444 e. The van der Waals surface area contributed by atoms with E-state index in [0.717, 1.165) is 44.7 Å². The van der Waals surface area contributed by atoms with Crippen molar-refractivity contribution in [3.05, 3.63) is 29.6 Å². The zero-order chi connectivity index (χ0) is 22.1. The third-order valence-corrected chi connectivity index (χ3v) is 6.93. The summed E-state index contributed by atoms with van der Waals surface area (Å²) in [6.07, 6.45) is 3.88. The molecule has 30 heavy (non-hydrogen) atoms. The number of likely N-dealkylation sites (tertiary alicyclic amines) is 1. The number of sulfone groups is 1. The Balaban J connectivity index is 1.39. The van der Waals surface area contributed by atoms with Gasteiger partial charge in [-0.25, -0.2) is 17.6 Å². The molecule has 1 amide bonds. The number of rotatable bonds is 6. The average molecular weight is 442 g/mol. The van der Waals surface area contributed by atoms with Crippen LogP contribution in [-0.2, 0) is 25.9 Å². The summed E-state index contributed by atoms with van der Waals surface area (Å²) in [5.41, 5.74) is -0.109. The lowest BCUT2D eigenvalue weighted by Crippen LogP contribution is -2.42. The molecule has 2 atom stereocenters. The Bertz CT molecular complexity index is 872. The Labute approximate surface area is 178 Å². The van der Waals surface area contributed by atoms with Crippen LogP contribution in [0.2, 0.25) is 0 Å². The minimum absolute atomic E-state index is 0.0243. The van der Waals surface area contributed by atoms with E-state index in [1.807, 2.05) is 20.8 Å². The van der Waals surface area contributed by atoms with E-state index in [-0.39, 0.29) is 17.6 Å². The molecule has 1 heterocycles. The number of piperidine rings is 1. The molecule has 0 N–H and O–H groups in total. The lowest BCUT2D eigenvalue weighted by Gasteiger charge is -2.33. The second-order valence-corrected chi connectivity index (χ2v) is 11.5. The van der Waals surface area contributed by atoms with Crippen LogP contribution in [-0.4, -0.2) is 51.0 Å². The van der Waals surface area contributed by atoms with E-state index in [4.69, 9.17) is 9.47 Å². The molecule has 1 saturated heterocycles. The molecule has 0 radical (unpaired) electrons. The monoisotopic (exact) mass is 441 g/mol. The summed E-state index contributed by atoms with van der Waals surface area (Å²) in [6.45, 7) is 7.78. The minimum atomic E-state index is -3.42. The van der Waals surface area contributed by atoms with E-state index in [0.29, 0.717) is 29.9 Å². The highest BCUT2D eigenvalue weighted by Crippen LogP contribution is 2.48. The molecule has 8 heteroatoms. The van der Waals surface area contributed by atoms with Gasteiger partial charge in [0.05, 0.1) is 18.1 Å². The van der Waals surface area contributed by atoms with Crippen LogP contribution in [0.25, 0.3) is 0 Å². The van der Waals surface area contributed by atoms with E-state index >= 15 is 0 Å². The number of halogens is 1. The fraction of sp³-hybridized carbons (Fsp3) is 0.682. The van der Waals surface area contributed by atoms with E-state index in [9.17, 15) is 17.6 Å². The third-order valence-electron chi connectivity index (χ3n) is 5.82. The Kier molecular flexibility index (Phi) is 6.77. The van der Waals surface area contributed by atoms with Crippen molar-refractivity contribution >= 4 is 15.9 Å². The SMILES string of the molecule is CC(C)(C)OC(=O)N1CCC([C@H]2C[C@H]2COCc2ccc(S(C)(=O)=O)cc2F)CC1. The molecule has 0 bridgehead atoms. The number of nitrogens with zero attached hydrogens (tertiary/aromatic N) is 1. The Morgan fingerprint density at radius 2 is 1.90 bits per heavy atom. The number of amides is 1. The van der Waals surface area contributed by atoms with Crippen LogP contribution >= 0.6 is 0 Å². The number of benzene rings is 1. The van der Waals surface area contributed by atoms with Gasteiger partial charge in [0.1, 0.15) is 11.4 Å². The van der Waals surface area contributed by atoms with Gasteiger partial charge in [0.15, 0.2) is 9.84 Å². The molecule has 2 fully saturated rings. The summed E-state index contributed by atoms with van der Waals surface area (Å²) in [5, 5.41) is 0. The van der Waals surface area contributed by atoms with Gasteiger partial charge in [0, 0.05) is 24.9 Å². The highest BCUT2D eigenvalue weighted by molar-refractivity contribution is 7.90. The van der Waals surface area contributed by atoms with Crippen LogP contribution in [0, 0.1) is 23.6 Å². The smallest absolute Gasteiger partial charge is 0.410 e. The molecule has 168 valence electrons. The number of ether oxygens (including phenoxy) is 2. The average Bonchev–Trinajstić information content (AvgIpc) is 3.40. The van der Waals surface area contributed by atoms with Crippen molar-refractivity contribution in [3.8, 4) is 0 Å². The van der Waals surface area contributed by atoms with Gasteiger partial charge in [-0.15, -0.1) is 0 Å². The summed E-state index contributed by atoms with van der Waals surface area (Å²) in [7, 11) is -3.42. The first-order valence-corrected chi connectivity index (χ1v) is 12.4. The first-order valence-electron chi connectivity index (χ1n) is 10.5. The standard InChI is InChI=1S/C22H32FNO5S/c1-22(2,3)29-21(25)24-9-7-15(8-10-24)19-11-17(19)14-28-13-16-5-6-18(12-20(16)23)30(4,26)27/h5-6,12,15,17,19H,7-11,13-14H2,1-4H3/t17-,19+/m0/s1. The fourth-order valence-corrected chi connectivity index (χ4v) is 4.71. The maximum Gasteiger partial charge on any atom is 0.410 e. The van der Waals surface area contributed by atoms with Crippen molar-refractivity contribution in [2.75, 3.05) is 26.0 Å². The Hall–Kier alpha value is -1.67. The number of carbonyl (C=O) groups excluding carboxylic acids is 1. The van der Waals surface area contributed by atoms with E-state index in [1.54, 1.807) is 4.90 Å². The number of hydrogen-bond acceptors (Lipinski definition) is 5. The topological polar surface area (TPSA) is 72.9 Å². The van der Waals surface area contributed by atoms with Crippen molar-refractivity contribution in [2.24, 2.45) is 17.8 Å². The molecule has 2 aliphatic rings. The van der Waals surface area contributed by atoms with Crippen molar-refractivity contribution < 1.29 is 27.1 Å². The van der Waals surface area contributed by atoms with Crippen LogP contribution in [0.15, 0.2) is 23.1 Å². The summed E-state index contributed by atoms with van der Waals surface area (Å²) >= 11 is 0. The molecule has 1 aromatic rings.